The van der Waals surface area contributed by atoms with Crippen molar-refractivity contribution in [3.63, 3.8) is 0 Å². The number of aromatic hydroxyl groups is 1. The van der Waals surface area contributed by atoms with Gasteiger partial charge in [0, 0.05) is 11.0 Å². The first-order valence-electron chi connectivity index (χ1n) is 5.68. The monoisotopic (exact) mass is 327 g/mol. The summed E-state index contributed by atoms with van der Waals surface area (Å²) in [5, 5.41) is 15.4. The maximum absolute atomic E-state index is 11.3. The molecular formula is C12H13N3O4S2. The Morgan fingerprint density at radius 3 is 2.38 bits per heavy atom. The van der Waals surface area contributed by atoms with Crippen molar-refractivity contribution in [2.45, 2.75) is 14.9 Å². The zero-order valence-electron chi connectivity index (χ0n) is 11.3. The average molecular weight is 327 g/mol. The van der Waals surface area contributed by atoms with Gasteiger partial charge in [-0.15, -0.1) is 5.14 Å². The third kappa shape index (κ3) is 3.70. The lowest BCUT2D eigenvalue weighted by Crippen LogP contribution is -2.11. The van der Waals surface area contributed by atoms with Gasteiger partial charge in [0.1, 0.15) is 0 Å². The summed E-state index contributed by atoms with van der Waals surface area (Å²) < 4.78 is 21.2. The van der Waals surface area contributed by atoms with Crippen molar-refractivity contribution >= 4 is 23.1 Å². The minimum Gasteiger partial charge on any atom is -0.593 e. The van der Waals surface area contributed by atoms with E-state index in [2.05, 4.69) is 9.97 Å². The molecule has 112 valence electrons. The van der Waals surface area contributed by atoms with E-state index in [0.29, 0.717) is 10.1 Å². The number of hydrogen-bond acceptors (Lipinski definition) is 8. The van der Waals surface area contributed by atoms with E-state index >= 15 is 0 Å². The molecule has 0 aliphatic heterocycles. The molecule has 21 heavy (non-hydrogen) atoms. The Morgan fingerprint density at radius 1 is 1.24 bits per heavy atom. The number of aromatic nitrogens is 2. The number of benzene rings is 1. The number of methoxy groups -OCH3 is 2. The van der Waals surface area contributed by atoms with Crippen LogP contribution in [-0.4, -0.2) is 33.8 Å². The van der Waals surface area contributed by atoms with Crippen LogP contribution in [0.3, 0.4) is 0 Å². The summed E-state index contributed by atoms with van der Waals surface area (Å²) in [6.07, 6.45) is 0. The van der Waals surface area contributed by atoms with Crippen molar-refractivity contribution in [1.82, 2.24) is 9.97 Å². The van der Waals surface area contributed by atoms with E-state index in [1.807, 2.05) is 0 Å². The zero-order valence-corrected chi connectivity index (χ0v) is 12.9. The largest absolute Gasteiger partial charge is 0.593 e. The van der Waals surface area contributed by atoms with Crippen LogP contribution in [0.25, 0.3) is 0 Å². The highest BCUT2D eigenvalue weighted by Gasteiger charge is 2.16. The van der Waals surface area contributed by atoms with Crippen LogP contribution in [0.4, 0.5) is 0 Å². The van der Waals surface area contributed by atoms with Crippen LogP contribution in [-0.2, 0) is 11.4 Å². The molecular weight excluding hydrogens is 314 g/mol. The molecule has 1 aromatic carbocycles. The second-order valence-electron chi connectivity index (χ2n) is 3.75. The van der Waals surface area contributed by atoms with Gasteiger partial charge in [-0.05, 0) is 23.9 Å². The molecule has 1 atom stereocenters. The van der Waals surface area contributed by atoms with Gasteiger partial charge in [0.05, 0.1) is 25.6 Å². The zero-order chi connectivity index (χ0) is 15.4. The van der Waals surface area contributed by atoms with E-state index in [4.69, 9.17) is 14.6 Å². The predicted octanol–water partition coefficient (Wildman–Crippen LogP) is 1.33. The van der Waals surface area contributed by atoms with Gasteiger partial charge in [-0.2, -0.15) is 9.97 Å². The van der Waals surface area contributed by atoms with Gasteiger partial charge in [0.2, 0.25) is 5.75 Å². The molecule has 0 bridgehead atoms. The standard InChI is InChI=1S/C12H13N3O4S2/c1-18-10-9(16)11(19-2)15-12(14-10)20-7-4-3-5-8(6-7)21(13)17/h3-6,16H,13H2,1-2H3. The summed E-state index contributed by atoms with van der Waals surface area (Å²) in [7, 11) is 2.77. The highest BCUT2D eigenvalue weighted by atomic mass is 32.2. The summed E-state index contributed by atoms with van der Waals surface area (Å²) in [6, 6.07) is 6.88. The van der Waals surface area contributed by atoms with Crippen molar-refractivity contribution in [2.75, 3.05) is 14.2 Å². The Bertz CT molecular complexity index is 615. The minimum atomic E-state index is -1.56. The predicted molar refractivity (Wildman–Crippen MR) is 78.0 cm³/mol. The normalized spacial score (nSPS) is 12.0. The fourth-order valence-electron chi connectivity index (χ4n) is 1.49. The molecule has 2 aromatic rings. The Morgan fingerprint density at radius 2 is 1.86 bits per heavy atom. The summed E-state index contributed by atoms with van der Waals surface area (Å²) in [6.45, 7) is 0. The molecule has 0 aliphatic carbocycles. The summed E-state index contributed by atoms with van der Waals surface area (Å²) >= 11 is -0.353. The van der Waals surface area contributed by atoms with Crippen molar-refractivity contribution in [3.05, 3.63) is 24.3 Å². The molecule has 1 heterocycles. The number of ether oxygens (including phenoxy) is 2. The lowest BCUT2D eigenvalue weighted by atomic mass is 10.4. The van der Waals surface area contributed by atoms with Crippen molar-refractivity contribution in [3.8, 4) is 17.5 Å². The Labute approximate surface area is 128 Å². The maximum Gasteiger partial charge on any atom is 0.264 e. The lowest BCUT2D eigenvalue weighted by molar-refractivity contribution is 0.314. The van der Waals surface area contributed by atoms with E-state index in [9.17, 15) is 9.66 Å². The second kappa shape index (κ2) is 6.85. The first-order valence-corrected chi connectivity index (χ1v) is 7.71. The van der Waals surface area contributed by atoms with Gasteiger partial charge in [0.15, 0.2) is 10.1 Å². The lowest BCUT2D eigenvalue weighted by Gasteiger charge is -2.09. The average Bonchev–Trinajstić information content (AvgIpc) is 2.49. The molecule has 7 nitrogen and oxygen atoms in total. The minimum absolute atomic E-state index is 0.0166. The highest BCUT2D eigenvalue weighted by molar-refractivity contribution is 7.99. The van der Waals surface area contributed by atoms with Crippen LogP contribution in [0, 0.1) is 0 Å². The first kappa shape index (κ1) is 15.7. The second-order valence-corrected chi connectivity index (χ2v) is 5.85. The molecule has 0 saturated heterocycles. The summed E-state index contributed by atoms with van der Waals surface area (Å²) in [4.78, 5) is 9.37. The summed E-state index contributed by atoms with van der Waals surface area (Å²) in [5.41, 5.74) is 0. The molecule has 0 spiro atoms. The molecule has 0 fully saturated rings. The molecule has 0 amide bonds. The van der Waals surface area contributed by atoms with Gasteiger partial charge >= 0.3 is 0 Å². The van der Waals surface area contributed by atoms with Gasteiger partial charge in [-0.25, -0.2) is 0 Å². The van der Waals surface area contributed by atoms with E-state index < -0.39 is 11.4 Å². The van der Waals surface area contributed by atoms with Crippen LogP contribution < -0.4 is 14.6 Å². The smallest absolute Gasteiger partial charge is 0.264 e. The fourth-order valence-corrected chi connectivity index (χ4v) is 2.83. The Kier molecular flexibility index (Phi) is 5.12. The van der Waals surface area contributed by atoms with E-state index in [1.165, 1.54) is 26.0 Å². The van der Waals surface area contributed by atoms with Gasteiger partial charge in [0.25, 0.3) is 11.8 Å². The molecule has 1 aromatic heterocycles. The third-order valence-corrected chi connectivity index (χ3v) is 4.01. The van der Waals surface area contributed by atoms with Crippen LogP contribution in [0.1, 0.15) is 0 Å². The van der Waals surface area contributed by atoms with Gasteiger partial charge in [-0.1, -0.05) is 6.07 Å². The fraction of sp³-hybridized carbons (Fsp3) is 0.167. The number of hydrogen-bond donors (Lipinski definition) is 2. The quantitative estimate of drug-likeness (QED) is 0.624. The molecule has 1 unspecified atom stereocenters. The number of nitrogens with two attached hydrogens (primary N) is 1. The maximum atomic E-state index is 11.3. The van der Waals surface area contributed by atoms with E-state index in [1.54, 1.807) is 24.3 Å². The Hall–Kier alpha value is -1.68. The molecule has 0 radical (unpaired) electrons. The SMILES string of the molecule is COc1nc(Sc2cccc([S+](N)[O-])c2)nc(OC)c1O. The molecule has 0 saturated carbocycles. The van der Waals surface area contributed by atoms with Crippen molar-refractivity contribution < 1.29 is 19.1 Å². The first-order chi connectivity index (χ1) is 10.0. The Balaban J connectivity index is 2.33. The molecule has 0 aliphatic rings. The summed E-state index contributed by atoms with van der Waals surface area (Å²) in [5.74, 6) is -0.230. The van der Waals surface area contributed by atoms with Crippen LogP contribution >= 0.6 is 11.8 Å². The van der Waals surface area contributed by atoms with Gasteiger partial charge < -0.3 is 19.1 Å². The number of rotatable bonds is 5. The van der Waals surface area contributed by atoms with Gasteiger partial charge in [-0.3, -0.25) is 0 Å². The third-order valence-electron chi connectivity index (χ3n) is 2.43. The number of nitrogens with zero attached hydrogens (tertiary/aromatic N) is 2. The van der Waals surface area contributed by atoms with Crippen LogP contribution in [0.15, 0.2) is 39.2 Å². The highest BCUT2D eigenvalue weighted by Crippen LogP contribution is 2.36. The van der Waals surface area contributed by atoms with Crippen molar-refractivity contribution in [1.29, 1.82) is 0 Å². The van der Waals surface area contributed by atoms with Crippen LogP contribution in [0.5, 0.6) is 17.5 Å². The van der Waals surface area contributed by atoms with Crippen molar-refractivity contribution in [2.24, 2.45) is 5.14 Å². The molecule has 3 N–H and O–H groups in total. The topological polar surface area (TPSA) is 114 Å². The molecule has 9 heteroatoms. The van der Waals surface area contributed by atoms with E-state index in [0.717, 1.165) is 4.90 Å². The molecule has 2 rings (SSSR count). The van der Waals surface area contributed by atoms with E-state index in [-0.39, 0.29) is 17.5 Å². The van der Waals surface area contributed by atoms with Crippen LogP contribution in [0.2, 0.25) is 0 Å².